The Bertz CT molecular complexity index is 4970. The van der Waals surface area contributed by atoms with Crippen LogP contribution in [-0.2, 0) is 52.7 Å². The van der Waals surface area contributed by atoms with Crippen LogP contribution in [0.5, 0.6) is 0 Å². The van der Waals surface area contributed by atoms with Crippen molar-refractivity contribution in [1.82, 2.24) is 54.3 Å². The normalized spacial score (nSPS) is 12.8. The Morgan fingerprint density at radius 2 is 0.524 bits per heavy atom. The average Bonchev–Trinajstić information content (AvgIpc) is 0.811. The Morgan fingerprint density at radius 3 is 0.766 bits per heavy atom. The molecule has 3 N–H and O–H groups in total. The third-order valence-electron chi connectivity index (χ3n) is 22.3. The van der Waals surface area contributed by atoms with Crippen LogP contribution in [0.2, 0.25) is 0 Å². The number of primary amides is 1. The lowest BCUT2D eigenvalue weighted by Gasteiger charge is -2.38. The number of hydrogen-bond acceptors (Lipinski definition) is 14. The van der Waals surface area contributed by atoms with E-state index in [0.717, 1.165) is 11.1 Å². The van der Waals surface area contributed by atoms with Crippen molar-refractivity contribution in [3.8, 4) is 12.3 Å². The van der Waals surface area contributed by atoms with Crippen LogP contribution in [0, 0.1) is 12.3 Å². The Morgan fingerprint density at radius 1 is 0.315 bits per heavy atom. The number of benzene rings is 8. The van der Waals surface area contributed by atoms with Crippen LogP contribution in [0.4, 0.5) is 0 Å². The molecule has 0 fully saturated rings. The van der Waals surface area contributed by atoms with E-state index in [0.29, 0.717) is 33.4 Å². The maximum atomic E-state index is 16.0. The zero-order chi connectivity index (χ0) is 89.6. The van der Waals surface area contributed by atoms with Crippen molar-refractivity contribution < 1.29 is 52.7 Å². The van der Waals surface area contributed by atoms with Gasteiger partial charge in [-0.15, -0.1) is 6.42 Å². The first-order valence-electron chi connectivity index (χ1n) is 41.5. The van der Waals surface area contributed by atoms with Crippen LogP contribution >= 0.6 is 0 Å². The van der Waals surface area contributed by atoms with Crippen LogP contribution in [-0.4, -0.2) is 219 Å². The molecule has 8 aromatic rings. The zero-order valence-corrected chi connectivity index (χ0v) is 71.7. The Balaban J connectivity index is 1.12. The predicted molar refractivity (Wildman–Crippen MR) is 474 cm³/mol. The van der Waals surface area contributed by atoms with Gasteiger partial charge in [-0.2, -0.15) is 0 Å². The van der Waals surface area contributed by atoms with Gasteiger partial charge in [0.2, 0.25) is 65.0 Å². The van der Waals surface area contributed by atoms with E-state index in [1.54, 1.807) is 224 Å². The molecule has 648 valence electrons. The fourth-order valence-electron chi connectivity index (χ4n) is 14.7. The number of azide groups is 2. The van der Waals surface area contributed by atoms with Crippen molar-refractivity contribution in [2.75, 3.05) is 105 Å². The van der Waals surface area contributed by atoms with Gasteiger partial charge in [-0.05, 0) is 124 Å². The van der Waals surface area contributed by atoms with Crippen molar-refractivity contribution >= 4 is 65.0 Å². The molecule has 0 saturated carbocycles. The van der Waals surface area contributed by atoms with E-state index >= 15 is 33.6 Å². The van der Waals surface area contributed by atoms with Gasteiger partial charge < -0.3 is 60.0 Å². The molecule has 8 rings (SSSR count). The van der Waals surface area contributed by atoms with Crippen LogP contribution in [0.1, 0.15) is 161 Å². The maximum absolute atomic E-state index is 16.0. The second kappa shape index (κ2) is 49.1. The van der Waals surface area contributed by atoms with Crippen LogP contribution in [0.15, 0.2) is 253 Å². The summed E-state index contributed by atoms with van der Waals surface area (Å²) in [6, 6.07) is 66.1. The fourth-order valence-corrected chi connectivity index (χ4v) is 14.7. The smallest absolute Gasteiger partial charge is 0.243 e. The molecule has 0 aliphatic carbocycles. The highest BCUT2D eigenvalue weighted by atomic mass is 16.2. The summed E-state index contributed by atoms with van der Waals surface area (Å²) in [6.45, 7) is 6.75. The number of carbonyl (C=O) groups excluding carboxylic acids is 11. The number of carbonyl (C=O) groups is 11. The summed E-state index contributed by atoms with van der Waals surface area (Å²) in [5, 5.41) is 10.7. The largest absolute Gasteiger partial charge is 0.368 e. The maximum Gasteiger partial charge on any atom is 0.243 e. The Hall–Kier alpha value is -13.9. The standard InChI is InChI=1S/C95H112N18O11/c1-10-55-104(87(116)63-108(71(4)79-41-23-13-24-42-79)86(115)58-99-69(2)77-37-19-11-20-38-77)60-91(120)111(74(7)82-47-29-16-30-48-82)67-95(124)113(76(9)84-51-33-18-34-52-84)68-94(123)110(73(6)81-45-27-15-28-46-81)65-89(118)106(57-36-54-101-103-98)62-92(121)112(75(8)83-49-31-17-32-50-83)66-93(122)109(72(5)80-43-25-14-26-44-80)64-88(117)105(56-35-53-100-102-97)61-90(119)107(59-85(96)114)70(3)78-39-21-12-22-40-78/h1,11-34,37-52,69-76,99H,35-36,53-68H2,2-9H3,(H2,96,114)/t69-,70-,71-,72-,73-,74-,75-,76-/m0/s1. The second-order valence-electron chi connectivity index (χ2n) is 30.4. The number of hydrogen-bond donors (Lipinski definition) is 2. The first-order chi connectivity index (χ1) is 59.7. The van der Waals surface area contributed by atoms with E-state index in [-0.39, 0.29) is 58.2 Å². The number of amides is 11. The Kier molecular flexibility index (Phi) is 37.8. The highest BCUT2D eigenvalue weighted by molar-refractivity contribution is 5.95. The van der Waals surface area contributed by atoms with E-state index in [4.69, 9.17) is 12.2 Å². The molecule has 11 amide bonds. The molecule has 8 aromatic carbocycles. The average molecular weight is 1680 g/mol. The molecular formula is C95H112N18O11. The molecule has 29 heteroatoms. The molecule has 0 saturated heterocycles. The lowest BCUT2D eigenvalue weighted by atomic mass is 10.0. The minimum absolute atomic E-state index is 0.0245. The predicted octanol–water partition coefficient (Wildman–Crippen LogP) is 12.5. The number of rotatable bonds is 47. The van der Waals surface area contributed by atoms with Gasteiger partial charge in [-0.25, -0.2) is 0 Å². The monoisotopic (exact) mass is 1680 g/mol. The van der Waals surface area contributed by atoms with Gasteiger partial charge in [-0.3, -0.25) is 52.7 Å². The quantitative estimate of drug-likeness (QED) is 0.0118. The van der Waals surface area contributed by atoms with Crippen LogP contribution in [0.25, 0.3) is 20.9 Å². The molecule has 0 spiro atoms. The molecule has 0 unspecified atom stereocenters. The van der Waals surface area contributed by atoms with E-state index < -0.39 is 173 Å². The van der Waals surface area contributed by atoms with Gasteiger partial charge >= 0.3 is 0 Å². The molecule has 8 atom stereocenters. The minimum atomic E-state index is -0.909. The number of terminal acetylenes is 1. The summed E-state index contributed by atoms with van der Waals surface area (Å²) in [5.41, 5.74) is 29.8. The first kappa shape index (κ1) is 95.5. The third kappa shape index (κ3) is 28.1. The number of nitrogens with one attached hydrogen (secondary N) is 1. The van der Waals surface area contributed by atoms with Gasteiger partial charge in [0.1, 0.15) is 45.8 Å². The summed E-state index contributed by atoms with van der Waals surface area (Å²) in [4.78, 5) is 185. The highest BCUT2D eigenvalue weighted by Crippen LogP contribution is 2.31. The number of nitrogens with zero attached hydrogens (tertiary/aromatic N) is 16. The third-order valence-corrected chi connectivity index (χ3v) is 22.3. The van der Waals surface area contributed by atoms with Gasteiger partial charge in [-0.1, -0.05) is 259 Å². The molecule has 0 bridgehead atoms. The Labute approximate surface area is 726 Å². The van der Waals surface area contributed by atoms with E-state index in [1.807, 2.05) is 74.5 Å². The fraction of sp³-hybridized carbons (Fsp3) is 0.358. The molecule has 0 aliphatic rings. The van der Waals surface area contributed by atoms with Crippen molar-refractivity contribution in [2.24, 2.45) is 16.0 Å². The summed E-state index contributed by atoms with van der Waals surface area (Å²) < 4.78 is 0. The molecule has 0 aliphatic heterocycles. The van der Waals surface area contributed by atoms with Crippen LogP contribution < -0.4 is 11.1 Å². The highest BCUT2D eigenvalue weighted by Gasteiger charge is 2.39. The van der Waals surface area contributed by atoms with Gasteiger partial charge in [0.25, 0.3) is 0 Å². The lowest BCUT2D eigenvalue weighted by Crippen LogP contribution is -2.53. The van der Waals surface area contributed by atoms with E-state index in [1.165, 1.54) is 49.0 Å². The SMILES string of the molecule is C#CCN(CC(=O)N(CC(=O)N(CC(=O)N(CC(=O)N(CCCN=[N+]=[N-])CC(=O)N(CC(=O)N(CC(=O)N(CCCN=[N+]=[N-])CC(=O)N(CC(N)=O)[C@@H](C)c1ccccc1)[C@@H](C)c1ccccc1)[C@@H](C)c1ccccc1)[C@@H](C)c1ccccc1)[C@@H](C)c1ccccc1)[C@@H](C)c1ccccc1)C(=O)CN(C(=O)CN[C@@H](C)c1ccccc1)[C@@H](C)c1ccccc1. The van der Waals surface area contributed by atoms with Gasteiger partial charge in [0.05, 0.1) is 75.0 Å². The van der Waals surface area contributed by atoms with E-state index in [9.17, 15) is 30.2 Å². The van der Waals surface area contributed by atoms with Crippen molar-refractivity contribution in [1.29, 1.82) is 0 Å². The van der Waals surface area contributed by atoms with Gasteiger partial charge in [0, 0.05) is 42.0 Å². The molecule has 29 nitrogen and oxygen atoms in total. The zero-order valence-electron chi connectivity index (χ0n) is 71.7. The second-order valence-corrected chi connectivity index (χ2v) is 30.4. The number of nitrogens with two attached hydrogens (primary N) is 1. The minimum Gasteiger partial charge on any atom is -0.368 e. The van der Waals surface area contributed by atoms with Crippen molar-refractivity contribution in [3.05, 3.63) is 308 Å². The van der Waals surface area contributed by atoms with E-state index in [2.05, 4.69) is 31.3 Å². The molecular weight excluding hydrogens is 1570 g/mol. The summed E-state index contributed by atoms with van der Waals surface area (Å²) >= 11 is 0. The molecule has 124 heavy (non-hydrogen) atoms. The summed E-state index contributed by atoms with van der Waals surface area (Å²) in [7, 11) is 0. The van der Waals surface area contributed by atoms with Crippen molar-refractivity contribution in [3.63, 3.8) is 0 Å². The topological polar surface area (TPSA) is 356 Å². The lowest BCUT2D eigenvalue weighted by molar-refractivity contribution is -0.152. The summed E-state index contributed by atoms with van der Waals surface area (Å²) in [5.74, 6) is -5.05. The first-order valence-corrected chi connectivity index (χ1v) is 41.5. The van der Waals surface area contributed by atoms with Crippen LogP contribution in [0.3, 0.4) is 0 Å². The molecule has 0 aromatic heterocycles. The molecule has 0 radical (unpaired) electrons. The summed E-state index contributed by atoms with van der Waals surface area (Å²) in [6.07, 6.45) is 6.12. The van der Waals surface area contributed by atoms with Crippen molar-refractivity contribution in [2.45, 2.75) is 117 Å². The molecule has 0 heterocycles. The van der Waals surface area contributed by atoms with Gasteiger partial charge in [0.15, 0.2) is 0 Å².